The Morgan fingerprint density at radius 1 is 1.33 bits per heavy atom. The topological polar surface area (TPSA) is 93.2 Å². The summed E-state index contributed by atoms with van der Waals surface area (Å²) in [6, 6.07) is 0. The summed E-state index contributed by atoms with van der Waals surface area (Å²) in [6.07, 6.45) is 1.67. The molecule has 2 heterocycles. The minimum absolute atomic E-state index is 0.282. The van der Waals surface area contributed by atoms with E-state index in [-0.39, 0.29) is 6.54 Å². The molecule has 1 aromatic rings. The standard InChI is InChI=1S/C13H25N5O2S/c1-10-13(11(2)17(3)16-10)9-15-21(19,20)18-6-4-12(8-14)5-7-18/h12,15H,4-9,14H2,1-3H3. The number of rotatable bonds is 5. The highest BCUT2D eigenvalue weighted by Gasteiger charge is 2.27. The fraction of sp³-hybridized carbons (Fsp3) is 0.769. The molecule has 1 fully saturated rings. The molecular formula is C13H25N5O2S. The number of nitrogens with one attached hydrogen (secondary N) is 1. The van der Waals surface area contributed by atoms with Crippen LogP contribution in [-0.2, 0) is 23.8 Å². The van der Waals surface area contributed by atoms with Crippen molar-refractivity contribution in [3.05, 3.63) is 17.0 Å². The molecule has 7 nitrogen and oxygen atoms in total. The number of aryl methyl sites for hydroxylation is 2. The molecule has 8 heteroatoms. The molecule has 0 aliphatic carbocycles. The molecule has 1 aliphatic heterocycles. The molecule has 0 bridgehead atoms. The van der Waals surface area contributed by atoms with Gasteiger partial charge in [0.05, 0.1) is 5.69 Å². The van der Waals surface area contributed by atoms with Crippen molar-refractivity contribution in [2.24, 2.45) is 18.7 Å². The van der Waals surface area contributed by atoms with Crippen LogP contribution in [0.4, 0.5) is 0 Å². The Bertz CT molecular complexity index is 588. The predicted molar refractivity (Wildman–Crippen MR) is 81.8 cm³/mol. The third-order valence-corrected chi connectivity index (χ3v) is 5.89. The zero-order chi connectivity index (χ0) is 15.6. The molecule has 1 aliphatic rings. The molecule has 1 aromatic heterocycles. The molecule has 2 rings (SSSR count). The summed E-state index contributed by atoms with van der Waals surface area (Å²) in [6.45, 7) is 5.84. The third kappa shape index (κ3) is 3.63. The second-order valence-electron chi connectivity index (χ2n) is 5.68. The molecule has 120 valence electrons. The lowest BCUT2D eigenvalue weighted by atomic mass is 9.99. The first-order chi connectivity index (χ1) is 9.85. The maximum absolute atomic E-state index is 12.3. The highest BCUT2D eigenvalue weighted by atomic mass is 32.2. The summed E-state index contributed by atoms with van der Waals surface area (Å²) in [5.74, 6) is 0.444. The van der Waals surface area contributed by atoms with Crippen LogP contribution in [0.5, 0.6) is 0 Å². The van der Waals surface area contributed by atoms with E-state index in [2.05, 4.69) is 9.82 Å². The minimum Gasteiger partial charge on any atom is -0.330 e. The quantitative estimate of drug-likeness (QED) is 0.802. The Hall–Kier alpha value is -0.960. The van der Waals surface area contributed by atoms with Gasteiger partial charge in [-0.1, -0.05) is 0 Å². The fourth-order valence-corrected chi connectivity index (χ4v) is 3.91. The first-order valence-electron chi connectivity index (χ1n) is 7.29. The van der Waals surface area contributed by atoms with Gasteiger partial charge >= 0.3 is 0 Å². The van der Waals surface area contributed by atoms with Gasteiger partial charge in [-0.3, -0.25) is 4.68 Å². The number of aromatic nitrogens is 2. The molecular weight excluding hydrogens is 290 g/mol. The van der Waals surface area contributed by atoms with Gasteiger partial charge in [0, 0.05) is 37.9 Å². The van der Waals surface area contributed by atoms with Crippen molar-refractivity contribution in [2.75, 3.05) is 19.6 Å². The number of nitrogens with two attached hydrogens (primary N) is 1. The van der Waals surface area contributed by atoms with Crippen molar-refractivity contribution in [3.8, 4) is 0 Å². The monoisotopic (exact) mass is 315 g/mol. The summed E-state index contributed by atoms with van der Waals surface area (Å²) in [5, 5.41) is 4.30. The van der Waals surface area contributed by atoms with E-state index in [1.807, 2.05) is 20.9 Å². The van der Waals surface area contributed by atoms with Crippen molar-refractivity contribution in [3.63, 3.8) is 0 Å². The van der Waals surface area contributed by atoms with E-state index in [4.69, 9.17) is 5.73 Å². The number of nitrogens with zero attached hydrogens (tertiary/aromatic N) is 3. The smallest absolute Gasteiger partial charge is 0.279 e. The van der Waals surface area contributed by atoms with Gasteiger partial charge in [-0.15, -0.1) is 0 Å². The lowest BCUT2D eigenvalue weighted by Crippen LogP contribution is -2.45. The van der Waals surface area contributed by atoms with Crippen LogP contribution in [0.15, 0.2) is 0 Å². The largest absolute Gasteiger partial charge is 0.330 e. The van der Waals surface area contributed by atoms with Crippen molar-refractivity contribution < 1.29 is 8.42 Å². The molecule has 0 amide bonds. The molecule has 0 spiro atoms. The molecule has 0 unspecified atom stereocenters. The minimum atomic E-state index is -3.43. The van der Waals surface area contributed by atoms with Crippen LogP contribution in [0, 0.1) is 19.8 Å². The molecule has 0 atom stereocenters. The van der Waals surface area contributed by atoms with Crippen LogP contribution < -0.4 is 10.5 Å². The van der Waals surface area contributed by atoms with E-state index in [0.717, 1.165) is 29.8 Å². The van der Waals surface area contributed by atoms with Gasteiger partial charge < -0.3 is 5.73 Å². The highest BCUT2D eigenvalue weighted by Crippen LogP contribution is 2.18. The number of piperidine rings is 1. The summed E-state index contributed by atoms with van der Waals surface area (Å²) in [7, 11) is -1.57. The van der Waals surface area contributed by atoms with E-state index in [1.165, 1.54) is 4.31 Å². The average molecular weight is 315 g/mol. The molecule has 0 saturated carbocycles. The summed E-state index contributed by atoms with van der Waals surface area (Å²) < 4.78 is 30.6. The number of hydrogen-bond donors (Lipinski definition) is 2. The summed E-state index contributed by atoms with van der Waals surface area (Å²) >= 11 is 0. The van der Waals surface area contributed by atoms with Gasteiger partial charge in [-0.2, -0.15) is 22.5 Å². The van der Waals surface area contributed by atoms with E-state index in [1.54, 1.807) is 4.68 Å². The van der Waals surface area contributed by atoms with Crippen molar-refractivity contribution in [2.45, 2.75) is 33.2 Å². The van der Waals surface area contributed by atoms with E-state index in [9.17, 15) is 8.42 Å². The van der Waals surface area contributed by atoms with Gasteiger partial charge in [0.1, 0.15) is 0 Å². The lowest BCUT2D eigenvalue weighted by Gasteiger charge is -2.30. The van der Waals surface area contributed by atoms with Gasteiger partial charge in [0.15, 0.2) is 0 Å². The Balaban J connectivity index is 1.99. The van der Waals surface area contributed by atoms with Crippen molar-refractivity contribution in [1.29, 1.82) is 0 Å². The Morgan fingerprint density at radius 3 is 2.43 bits per heavy atom. The maximum atomic E-state index is 12.3. The molecule has 0 aromatic carbocycles. The summed E-state index contributed by atoms with van der Waals surface area (Å²) in [4.78, 5) is 0. The second-order valence-corrected chi connectivity index (χ2v) is 7.43. The predicted octanol–water partition coefficient (Wildman–Crippen LogP) is 0.0420. The van der Waals surface area contributed by atoms with Crippen LogP contribution >= 0.6 is 0 Å². The third-order valence-electron chi connectivity index (χ3n) is 4.34. The van der Waals surface area contributed by atoms with Gasteiger partial charge in [-0.05, 0) is 39.2 Å². The van der Waals surface area contributed by atoms with Crippen LogP contribution in [0.1, 0.15) is 29.8 Å². The molecule has 1 saturated heterocycles. The highest BCUT2D eigenvalue weighted by molar-refractivity contribution is 7.87. The zero-order valence-electron chi connectivity index (χ0n) is 13.0. The average Bonchev–Trinajstić information content (AvgIpc) is 2.70. The van der Waals surface area contributed by atoms with E-state index in [0.29, 0.717) is 25.6 Å². The van der Waals surface area contributed by atoms with E-state index < -0.39 is 10.2 Å². The Morgan fingerprint density at radius 2 is 1.95 bits per heavy atom. The number of hydrogen-bond acceptors (Lipinski definition) is 4. The fourth-order valence-electron chi connectivity index (χ4n) is 2.71. The molecule has 0 radical (unpaired) electrons. The Kier molecular flexibility index (Phi) is 5.03. The maximum Gasteiger partial charge on any atom is 0.279 e. The molecule has 3 N–H and O–H groups in total. The van der Waals surface area contributed by atoms with Crippen molar-refractivity contribution in [1.82, 2.24) is 18.8 Å². The van der Waals surface area contributed by atoms with Gasteiger partial charge in [-0.25, -0.2) is 0 Å². The second kappa shape index (κ2) is 6.43. The molecule has 21 heavy (non-hydrogen) atoms. The van der Waals surface area contributed by atoms with Crippen LogP contribution in [0.25, 0.3) is 0 Å². The van der Waals surface area contributed by atoms with Crippen LogP contribution in [-0.4, -0.2) is 42.1 Å². The zero-order valence-corrected chi connectivity index (χ0v) is 13.8. The summed E-state index contributed by atoms with van der Waals surface area (Å²) in [5.41, 5.74) is 8.42. The van der Waals surface area contributed by atoms with Crippen LogP contribution in [0.2, 0.25) is 0 Å². The lowest BCUT2D eigenvalue weighted by molar-refractivity contribution is 0.275. The first kappa shape index (κ1) is 16.4. The van der Waals surface area contributed by atoms with Crippen molar-refractivity contribution >= 4 is 10.2 Å². The van der Waals surface area contributed by atoms with Gasteiger partial charge in [0.25, 0.3) is 10.2 Å². The SMILES string of the molecule is Cc1nn(C)c(C)c1CNS(=O)(=O)N1CCC(CN)CC1. The van der Waals surface area contributed by atoms with E-state index >= 15 is 0 Å². The first-order valence-corrected chi connectivity index (χ1v) is 8.73. The Labute approximate surface area is 126 Å². The normalized spacial score (nSPS) is 18.3. The van der Waals surface area contributed by atoms with Crippen LogP contribution in [0.3, 0.4) is 0 Å². The van der Waals surface area contributed by atoms with Gasteiger partial charge in [0.2, 0.25) is 0 Å².